The van der Waals surface area contributed by atoms with Gasteiger partial charge in [-0.05, 0) is 12.8 Å². The summed E-state index contributed by atoms with van der Waals surface area (Å²) in [7, 11) is 1.31. The highest BCUT2D eigenvalue weighted by atomic mass is 19.4. The number of carbonyl (C=O) groups is 3. The van der Waals surface area contributed by atoms with Gasteiger partial charge in [0.2, 0.25) is 11.8 Å². The number of nitrogens with one attached hydrogen (secondary N) is 1. The standard InChI is InChI=1S/C11H15F3N2O4/c1-16(5-4-8(17)18)10(20)6-2-3-7(11(12,13)14)15-9(6)19/h6-7H,2-5H2,1H3,(H,15,19)(H,17,18)/t6-,7-/m0/s1. The zero-order valence-corrected chi connectivity index (χ0v) is 10.7. The van der Waals surface area contributed by atoms with Crippen LogP contribution in [0.3, 0.4) is 0 Å². The second kappa shape index (κ2) is 6.10. The molecule has 1 fully saturated rings. The zero-order valence-electron chi connectivity index (χ0n) is 10.7. The van der Waals surface area contributed by atoms with Gasteiger partial charge in [0.05, 0.1) is 6.42 Å². The number of halogens is 3. The van der Waals surface area contributed by atoms with Crippen LogP contribution in [0, 0.1) is 5.92 Å². The highest BCUT2D eigenvalue weighted by Crippen LogP contribution is 2.29. The third kappa shape index (κ3) is 4.10. The lowest BCUT2D eigenvalue weighted by Gasteiger charge is -2.31. The molecule has 1 aliphatic rings. The number of aliphatic carboxylic acids is 1. The lowest BCUT2D eigenvalue weighted by molar-refractivity contribution is -0.172. The van der Waals surface area contributed by atoms with Crippen LogP contribution in [0.15, 0.2) is 0 Å². The smallest absolute Gasteiger partial charge is 0.408 e. The Kier molecular flexibility index (Phi) is 4.96. The number of rotatable bonds is 4. The molecule has 1 saturated heterocycles. The van der Waals surface area contributed by atoms with Crippen molar-refractivity contribution in [1.82, 2.24) is 10.2 Å². The van der Waals surface area contributed by atoms with Gasteiger partial charge < -0.3 is 15.3 Å². The van der Waals surface area contributed by atoms with Gasteiger partial charge in [-0.1, -0.05) is 0 Å². The van der Waals surface area contributed by atoms with Crippen molar-refractivity contribution < 1.29 is 32.7 Å². The molecule has 20 heavy (non-hydrogen) atoms. The van der Waals surface area contributed by atoms with Gasteiger partial charge in [0.15, 0.2) is 0 Å². The molecule has 2 N–H and O–H groups in total. The molecule has 0 bridgehead atoms. The second-order valence-corrected chi connectivity index (χ2v) is 4.64. The fourth-order valence-electron chi connectivity index (χ4n) is 1.93. The first kappa shape index (κ1) is 16.3. The van der Waals surface area contributed by atoms with Gasteiger partial charge in [-0.3, -0.25) is 14.4 Å². The van der Waals surface area contributed by atoms with Gasteiger partial charge in [-0.25, -0.2) is 0 Å². The molecule has 1 aliphatic heterocycles. The molecular formula is C11H15F3N2O4. The Morgan fingerprint density at radius 3 is 2.45 bits per heavy atom. The van der Waals surface area contributed by atoms with E-state index in [0.717, 1.165) is 4.90 Å². The fourth-order valence-corrected chi connectivity index (χ4v) is 1.93. The molecule has 1 heterocycles. The van der Waals surface area contributed by atoms with Gasteiger partial charge in [-0.2, -0.15) is 13.2 Å². The van der Waals surface area contributed by atoms with Crippen molar-refractivity contribution in [3.63, 3.8) is 0 Å². The van der Waals surface area contributed by atoms with Crippen LogP contribution in [0.1, 0.15) is 19.3 Å². The van der Waals surface area contributed by atoms with Crippen molar-refractivity contribution in [2.45, 2.75) is 31.5 Å². The van der Waals surface area contributed by atoms with Crippen LogP contribution in [-0.4, -0.2) is 53.6 Å². The molecule has 6 nitrogen and oxygen atoms in total. The molecule has 0 aromatic heterocycles. The lowest BCUT2D eigenvalue weighted by Crippen LogP contribution is -2.54. The van der Waals surface area contributed by atoms with E-state index in [1.165, 1.54) is 7.05 Å². The average Bonchev–Trinajstić information content (AvgIpc) is 2.33. The third-order valence-corrected chi connectivity index (χ3v) is 3.11. The van der Waals surface area contributed by atoms with Crippen LogP contribution in [0.5, 0.6) is 0 Å². The number of hydrogen-bond donors (Lipinski definition) is 2. The minimum atomic E-state index is -4.53. The van der Waals surface area contributed by atoms with E-state index in [-0.39, 0.29) is 25.8 Å². The van der Waals surface area contributed by atoms with E-state index in [1.807, 2.05) is 0 Å². The summed E-state index contributed by atoms with van der Waals surface area (Å²) in [6.45, 7) is -0.0966. The van der Waals surface area contributed by atoms with Crippen molar-refractivity contribution in [2.75, 3.05) is 13.6 Å². The summed E-state index contributed by atoms with van der Waals surface area (Å²) in [5.74, 6) is -3.92. The number of amides is 2. The number of piperidine rings is 1. The summed E-state index contributed by atoms with van der Waals surface area (Å²) < 4.78 is 37.3. The van der Waals surface area contributed by atoms with Crippen molar-refractivity contribution in [2.24, 2.45) is 5.92 Å². The fraction of sp³-hybridized carbons (Fsp3) is 0.727. The molecule has 0 aliphatic carbocycles. The first-order valence-electron chi connectivity index (χ1n) is 5.96. The van der Waals surface area contributed by atoms with Gasteiger partial charge in [0.1, 0.15) is 12.0 Å². The van der Waals surface area contributed by atoms with Crippen LogP contribution in [0.25, 0.3) is 0 Å². The Bertz CT molecular complexity index is 411. The van der Waals surface area contributed by atoms with E-state index in [9.17, 15) is 27.6 Å². The Hall–Kier alpha value is -1.80. The topological polar surface area (TPSA) is 86.7 Å². The molecule has 9 heteroatoms. The SMILES string of the molecule is CN(CCC(=O)O)C(=O)[C@H]1CC[C@@H](C(F)(F)F)NC1=O. The van der Waals surface area contributed by atoms with Crippen molar-refractivity contribution in [1.29, 1.82) is 0 Å². The van der Waals surface area contributed by atoms with Crippen LogP contribution < -0.4 is 5.32 Å². The molecule has 0 saturated carbocycles. The zero-order chi connectivity index (χ0) is 15.5. The molecule has 0 radical (unpaired) electrons. The molecule has 0 unspecified atom stereocenters. The van der Waals surface area contributed by atoms with Gasteiger partial charge in [0, 0.05) is 13.6 Å². The quantitative estimate of drug-likeness (QED) is 0.734. The highest BCUT2D eigenvalue weighted by molar-refractivity contribution is 6.00. The first-order chi connectivity index (χ1) is 9.12. The predicted octanol–water partition coefficient (Wildman–Crippen LogP) is 0.377. The Morgan fingerprint density at radius 1 is 1.40 bits per heavy atom. The minimum Gasteiger partial charge on any atom is -0.481 e. The molecular weight excluding hydrogens is 281 g/mol. The van der Waals surface area contributed by atoms with Crippen LogP contribution >= 0.6 is 0 Å². The van der Waals surface area contributed by atoms with Crippen LogP contribution in [0.4, 0.5) is 13.2 Å². The largest absolute Gasteiger partial charge is 0.481 e. The molecule has 2 atom stereocenters. The maximum absolute atomic E-state index is 12.4. The van der Waals surface area contributed by atoms with E-state index in [1.54, 1.807) is 5.32 Å². The van der Waals surface area contributed by atoms with E-state index in [0.29, 0.717) is 0 Å². The normalized spacial score (nSPS) is 23.1. The summed E-state index contributed by atoms with van der Waals surface area (Å²) >= 11 is 0. The number of nitrogens with zero attached hydrogens (tertiary/aromatic N) is 1. The van der Waals surface area contributed by atoms with Crippen molar-refractivity contribution in [3.05, 3.63) is 0 Å². The average molecular weight is 296 g/mol. The monoisotopic (exact) mass is 296 g/mol. The van der Waals surface area contributed by atoms with Crippen LogP contribution in [0.2, 0.25) is 0 Å². The van der Waals surface area contributed by atoms with E-state index in [2.05, 4.69) is 0 Å². The molecule has 1 rings (SSSR count). The number of carboxylic acid groups (broad SMARTS) is 1. The molecule has 0 spiro atoms. The number of carboxylic acids is 1. The number of hydrogen-bond acceptors (Lipinski definition) is 3. The van der Waals surface area contributed by atoms with Crippen LogP contribution in [-0.2, 0) is 14.4 Å². The summed E-state index contributed by atoms with van der Waals surface area (Å²) in [5.41, 5.74) is 0. The van der Waals surface area contributed by atoms with Gasteiger partial charge in [-0.15, -0.1) is 0 Å². The van der Waals surface area contributed by atoms with E-state index >= 15 is 0 Å². The molecule has 2 amide bonds. The Labute approximate surface area is 112 Å². The number of carbonyl (C=O) groups excluding carboxylic acids is 2. The van der Waals surface area contributed by atoms with Crippen molar-refractivity contribution in [3.8, 4) is 0 Å². The predicted molar refractivity (Wildman–Crippen MR) is 60.6 cm³/mol. The van der Waals surface area contributed by atoms with Gasteiger partial charge >= 0.3 is 12.1 Å². The molecule has 114 valence electrons. The summed E-state index contributed by atoms with van der Waals surface area (Å²) in [6, 6.07) is -1.93. The summed E-state index contributed by atoms with van der Waals surface area (Å²) in [6.07, 6.45) is -5.38. The number of alkyl halides is 3. The highest BCUT2D eigenvalue weighted by Gasteiger charge is 2.46. The Morgan fingerprint density at radius 2 is 2.00 bits per heavy atom. The molecule has 0 aromatic rings. The second-order valence-electron chi connectivity index (χ2n) is 4.64. The Balaban J connectivity index is 2.59. The van der Waals surface area contributed by atoms with E-state index in [4.69, 9.17) is 5.11 Å². The third-order valence-electron chi connectivity index (χ3n) is 3.11. The van der Waals surface area contributed by atoms with Crippen molar-refractivity contribution >= 4 is 17.8 Å². The van der Waals surface area contributed by atoms with Gasteiger partial charge in [0.25, 0.3) is 0 Å². The maximum Gasteiger partial charge on any atom is 0.408 e. The lowest BCUT2D eigenvalue weighted by atomic mass is 9.92. The summed E-state index contributed by atoms with van der Waals surface area (Å²) in [5, 5.41) is 10.3. The first-order valence-corrected chi connectivity index (χ1v) is 5.96. The molecule has 0 aromatic carbocycles. The van der Waals surface area contributed by atoms with E-state index < -0.39 is 35.9 Å². The summed E-state index contributed by atoms with van der Waals surface area (Å²) in [4.78, 5) is 34.9. The maximum atomic E-state index is 12.4. The minimum absolute atomic E-state index is 0.0966.